The van der Waals surface area contributed by atoms with Gasteiger partial charge in [-0.1, -0.05) is 18.2 Å². The number of amides is 1. The molecule has 3 nitrogen and oxygen atoms in total. The highest BCUT2D eigenvalue weighted by molar-refractivity contribution is 5.92. The van der Waals surface area contributed by atoms with Crippen LogP contribution in [0.2, 0.25) is 0 Å². The van der Waals surface area contributed by atoms with E-state index >= 15 is 0 Å². The third-order valence-electron chi connectivity index (χ3n) is 2.80. The number of hydrogen-bond acceptors (Lipinski definition) is 2. The second kappa shape index (κ2) is 4.45. The number of carbonyl (C=O) groups is 1. The number of hydrogen-bond donors (Lipinski definition) is 1. The fourth-order valence-corrected chi connectivity index (χ4v) is 1.91. The molecule has 1 N–H and O–H groups in total. The molecule has 1 aliphatic heterocycles. The summed E-state index contributed by atoms with van der Waals surface area (Å²) in [7, 11) is 2.05. The van der Waals surface area contributed by atoms with Crippen LogP contribution in [0.3, 0.4) is 0 Å². The number of para-hydroxylation sites is 1. The van der Waals surface area contributed by atoms with E-state index in [1.54, 1.807) is 0 Å². The highest BCUT2D eigenvalue weighted by atomic mass is 16.1. The molecule has 0 aromatic heterocycles. The smallest absolute Gasteiger partial charge is 0.228 e. The molecule has 80 valence electrons. The Morgan fingerprint density at radius 3 is 2.73 bits per heavy atom. The maximum absolute atomic E-state index is 11.8. The Bertz CT molecular complexity index is 337. The van der Waals surface area contributed by atoms with Crippen molar-refractivity contribution in [2.75, 3.05) is 25.5 Å². The molecular formula is C12H16N2O. The fourth-order valence-electron chi connectivity index (χ4n) is 1.91. The van der Waals surface area contributed by atoms with Gasteiger partial charge in [-0.25, -0.2) is 0 Å². The van der Waals surface area contributed by atoms with Crippen molar-refractivity contribution in [2.45, 2.75) is 6.42 Å². The molecule has 0 bridgehead atoms. The van der Waals surface area contributed by atoms with Gasteiger partial charge in [0.15, 0.2) is 0 Å². The highest BCUT2D eigenvalue weighted by Gasteiger charge is 2.25. The molecular weight excluding hydrogens is 188 g/mol. The quantitative estimate of drug-likeness (QED) is 0.793. The van der Waals surface area contributed by atoms with E-state index in [2.05, 4.69) is 17.3 Å². The van der Waals surface area contributed by atoms with Crippen molar-refractivity contribution in [1.29, 1.82) is 0 Å². The van der Waals surface area contributed by atoms with Crippen LogP contribution in [-0.2, 0) is 4.79 Å². The third kappa shape index (κ3) is 2.57. The van der Waals surface area contributed by atoms with Gasteiger partial charge in [-0.3, -0.25) is 4.79 Å². The van der Waals surface area contributed by atoms with Crippen molar-refractivity contribution in [3.63, 3.8) is 0 Å². The predicted octanol–water partition coefficient (Wildman–Crippen LogP) is 1.58. The molecule has 1 aliphatic rings. The summed E-state index contributed by atoms with van der Waals surface area (Å²) in [6.07, 6.45) is 0.967. The summed E-state index contributed by atoms with van der Waals surface area (Å²) in [5, 5.41) is 2.94. The van der Waals surface area contributed by atoms with Crippen LogP contribution in [0.4, 0.5) is 5.69 Å². The third-order valence-corrected chi connectivity index (χ3v) is 2.80. The molecule has 1 atom stereocenters. The Labute approximate surface area is 90.1 Å². The molecule has 3 heteroatoms. The van der Waals surface area contributed by atoms with Gasteiger partial charge in [-0.15, -0.1) is 0 Å². The van der Waals surface area contributed by atoms with E-state index in [1.165, 1.54) is 0 Å². The molecule has 0 spiro atoms. The van der Waals surface area contributed by atoms with E-state index < -0.39 is 0 Å². The molecule has 15 heavy (non-hydrogen) atoms. The van der Waals surface area contributed by atoms with Gasteiger partial charge < -0.3 is 10.2 Å². The van der Waals surface area contributed by atoms with Crippen LogP contribution in [0.15, 0.2) is 30.3 Å². The Morgan fingerprint density at radius 2 is 2.13 bits per heavy atom. The molecule has 0 aliphatic carbocycles. The highest BCUT2D eigenvalue weighted by Crippen LogP contribution is 2.16. The zero-order valence-corrected chi connectivity index (χ0v) is 8.94. The van der Waals surface area contributed by atoms with Crippen LogP contribution in [0.1, 0.15) is 6.42 Å². The minimum atomic E-state index is 0.144. The average Bonchev–Trinajstić information content (AvgIpc) is 2.66. The normalized spacial score (nSPS) is 21.5. The first-order chi connectivity index (χ1) is 7.25. The van der Waals surface area contributed by atoms with Gasteiger partial charge in [0.2, 0.25) is 5.91 Å². The second-order valence-corrected chi connectivity index (χ2v) is 4.10. The molecule has 1 heterocycles. The fraction of sp³-hybridized carbons (Fsp3) is 0.417. The first-order valence-corrected chi connectivity index (χ1v) is 5.30. The average molecular weight is 204 g/mol. The van der Waals surface area contributed by atoms with Crippen molar-refractivity contribution < 1.29 is 4.79 Å². The van der Waals surface area contributed by atoms with E-state index in [0.29, 0.717) is 0 Å². The molecule has 0 saturated carbocycles. The van der Waals surface area contributed by atoms with Crippen LogP contribution in [0.25, 0.3) is 0 Å². The van der Waals surface area contributed by atoms with Gasteiger partial charge in [0.1, 0.15) is 0 Å². The van der Waals surface area contributed by atoms with Crippen molar-refractivity contribution in [3.05, 3.63) is 30.3 Å². The minimum absolute atomic E-state index is 0.144. The summed E-state index contributed by atoms with van der Waals surface area (Å²) in [5.74, 6) is 0.292. The van der Waals surface area contributed by atoms with Gasteiger partial charge in [-0.05, 0) is 32.1 Å². The molecule has 1 saturated heterocycles. The topological polar surface area (TPSA) is 32.3 Å². The molecule has 2 rings (SSSR count). The number of benzene rings is 1. The molecule has 1 aromatic rings. The first kappa shape index (κ1) is 10.2. The molecule has 1 fully saturated rings. The van der Waals surface area contributed by atoms with E-state index in [4.69, 9.17) is 0 Å². The Balaban J connectivity index is 1.93. The summed E-state index contributed by atoms with van der Waals surface area (Å²) in [4.78, 5) is 14.0. The molecule has 1 amide bonds. The number of likely N-dealkylation sites (tertiary alicyclic amines) is 1. The summed E-state index contributed by atoms with van der Waals surface area (Å²) in [6.45, 7) is 1.89. The number of nitrogens with zero attached hydrogens (tertiary/aromatic N) is 1. The Kier molecular flexibility index (Phi) is 3.02. The molecule has 0 unspecified atom stereocenters. The first-order valence-electron chi connectivity index (χ1n) is 5.30. The standard InChI is InChI=1S/C12H16N2O/c1-14-8-7-10(9-14)12(15)13-11-5-3-2-4-6-11/h2-6,10H,7-9H2,1H3,(H,13,15)/t10-/m1/s1. The predicted molar refractivity (Wildman–Crippen MR) is 60.7 cm³/mol. The molecule has 1 aromatic carbocycles. The molecule has 0 radical (unpaired) electrons. The maximum atomic E-state index is 11.8. The van der Waals surface area contributed by atoms with E-state index in [1.807, 2.05) is 30.3 Å². The summed E-state index contributed by atoms with van der Waals surface area (Å²) < 4.78 is 0. The van der Waals surface area contributed by atoms with Gasteiger partial charge >= 0.3 is 0 Å². The van der Waals surface area contributed by atoms with Crippen molar-refractivity contribution >= 4 is 11.6 Å². The van der Waals surface area contributed by atoms with Crippen LogP contribution >= 0.6 is 0 Å². The Hall–Kier alpha value is -1.35. The lowest BCUT2D eigenvalue weighted by Gasteiger charge is -2.10. The summed E-state index contributed by atoms with van der Waals surface area (Å²) >= 11 is 0. The monoisotopic (exact) mass is 204 g/mol. The number of anilines is 1. The Morgan fingerprint density at radius 1 is 1.40 bits per heavy atom. The van der Waals surface area contributed by atoms with Gasteiger partial charge in [-0.2, -0.15) is 0 Å². The van der Waals surface area contributed by atoms with Crippen molar-refractivity contribution in [3.8, 4) is 0 Å². The lowest BCUT2D eigenvalue weighted by molar-refractivity contribution is -0.119. The van der Waals surface area contributed by atoms with Gasteiger partial charge in [0.25, 0.3) is 0 Å². The van der Waals surface area contributed by atoms with E-state index in [-0.39, 0.29) is 11.8 Å². The SMILES string of the molecule is CN1CC[C@@H](C(=O)Nc2ccccc2)C1. The lowest BCUT2D eigenvalue weighted by Crippen LogP contribution is -2.25. The summed E-state index contributed by atoms with van der Waals surface area (Å²) in [6, 6.07) is 9.62. The van der Waals surface area contributed by atoms with E-state index in [9.17, 15) is 4.79 Å². The van der Waals surface area contributed by atoms with Crippen molar-refractivity contribution in [2.24, 2.45) is 5.92 Å². The van der Waals surface area contributed by atoms with Crippen LogP contribution in [-0.4, -0.2) is 30.9 Å². The number of rotatable bonds is 2. The number of carbonyl (C=O) groups excluding carboxylic acids is 1. The van der Waals surface area contributed by atoms with Gasteiger partial charge in [0, 0.05) is 12.2 Å². The van der Waals surface area contributed by atoms with E-state index in [0.717, 1.165) is 25.2 Å². The van der Waals surface area contributed by atoms with Crippen LogP contribution in [0.5, 0.6) is 0 Å². The number of nitrogens with one attached hydrogen (secondary N) is 1. The second-order valence-electron chi connectivity index (χ2n) is 4.10. The van der Waals surface area contributed by atoms with Crippen LogP contribution in [0, 0.1) is 5.92 Å². The minimum Gasteiger partial charge on any atom is -0.326 e. The van der Waals surface area contributed by atoms with Gasteiger partial charge in [0.05, 0.1) is 5.92 Å². The van der Waals surface area contributed by atoms with Crippen molar-refractivity contribution in [1.82, 2.24) is 4.90 Å². The van der Waals surface area contributed by atoms with Crippen LogP contribution < -0.4 is 5.32 Å². The lowest BCUT2D eigenvalue weighted by atomic mass is 10.1. The largest absolute Gasteiger partial charge is 0.326 e. The zero-order chi connectivity index (χ0) is 10.7. The summed E-state index contributed by atoms with van der Waals surface area (Å²) in [5.41, 5.74) is 0.886. The zero-order valence-electron chi connectivity index (χ0n) is 8.94. The maximum Gasteiger partial charge on any atom is 0.228 e.